The maximum Gasteiger partial charge on any atom is 0.214 e. The van der Waals surface area contributed by atoms with Crippen LogP contribution in [-0.2, 0) is 10.0 Å². The van der Waals surface area contributed by atoms with Gasteiger partial charge in [-0.1, -0.05) is 0 Å². The average Bonchev–Trinajstić information content (AvgIpc) is 2.51. The Morgan fingerprint density at radius 1 is 1.24 bits per heavy atom. The van der Waals surface area contributed by atoms with Crippen LogP contribution in [0.25, 0.3) is 0 Å². The zero-order chi connectivity index (χ0) is 13.1. The normalized spacial score (nSPS) is 19.1. The molecule has 6 nitrogen and oxygen atoms in total. The highest BCUT2D eigenvalue weighted by atomic mass is 32.2. The van der Waals surface area contributed by atoms with Crippen LogP contribution in [0.4, 0.5) is 0 Å². The average molecular weight is 262 g/mol. The van der Waals surface area contributed by atoms with Crippen molar-refractivity contribution in [2.75, 3.05) is 53.6 Å². The minimum absolute atomic E-state index is 0.283. The van der Waals surface area contributed by atoms with E-state index in [4.69, 9.17) is 0 Å². The van der Waals surface area contributed by atoms with Gasteiger partial charge in [0.15, 0.2) is 5.96 Å². The van der Waals surface area contributed by atoms with Crippen LogP contribution in [0.15, 0.2) is 4.99 Å². The molecule has 0 amide bonds. The highest BCUT2D eigenvalue weighted by molar-refractivity contribution is 7.89. The number of sulfonamides is 1. The maximum absolute atomic E-state index is 11.6. The van der Waals surface area contributed by atoms with E-state index < -0.39 is 10.0 Å². The van der Waals surface area contributed by atoms with Crippen molar-refractivity contribution in [3.8, 4) is 0 Å². The largest absolute Gasteiger partial charge is 0.349 e. The van der Waals surface area contributed by atoms with E-state index in [0.717, 1.165) is 12.4 Å². The first-order valence-corrected chi connectivity index (χ1v) is 7.32. The summed E-state index contributed by atoms with van der Waals surface area (Å²) in [6.45, 7) is 1.62. The van der Waals surface area contributed by atoms with E-state index in [2.05, 4.69) is 4.99 Å². The molecule has 1 fully saturated rings. The molecule has 0 radical (unpaired) electrons. The Hall–Kier alpha value is -0.820. The topological polar surface area (TPSA) is 56.2 Å². The summed E-state index contributed by atoms with van der Waals surface area (Å²) < 4.78 is 24.7. The number of rotatable bonds is 3. The van der Waals surface area contributed by atoms with Gasteiger partial charge in [0, 0.05) is 41.3 Å². The predicted molar refractivity (Wildman–Crippen MR) is 69.7 cm³/mol. The second kappa shape index (κ2) is 5.68. The van der Waals surface area contributed by atoms with Crippen LogP contribution in [0.1, 0.15) is 6.42 Å². The number of nitrogens with zero attached hydrogens (tertiary/aromatic N) is 4. The van der Waals surface area contributed by atoms with Crippen molar-refractivity contribution in [2.24, 2.45) is 4.99 Å². The predicted octanol–water partition coefficient (Wildman–Crippen LogP) is -0.499. The van der Waals surface area contributed by atoms with Gasteiger partial charge in [-0.2, -0.15) is 0 Å². The molecule has 0 atom stereocenters. The monoisotopic (exact) mass is 262 g/mol. The van der Waals surface area contributed by atoms with Crippen LogP contribution in [0.3, 0.4) is 0 Å². The molecule has 0 unspecified atom stereocenters. The third kappa shape index (κ3) is 3.85. The van der Waals surface area contributed by atoms with E-state index >= 15 is 0 Å². The highest BCUT2D eigenvalue weighted by Crippen LogP contribution is 2.12. The van der Waals surface area contributed by atoms with Gasteiger partial charge < -0.3 is 9.80 Å². The molecule has 0 aromatic rings. The number of hydrogen-bond acceptors (Lipinski definition) is 3. The van der Waals surface area contributed by atoms with E-state index in [9.17, 15) is 8.42 Å². The van der Waals surface area contributed by atoms with Gasteiger partial charge in [-0.25, -0.2) is 12.7 Å². The van der Waals surface area contributed by atoms with Crippen molar-refractivity contribution in [1.29, 1.82) is 0 Å². The summed E-state index contributed by atoms with van der Waals surface area (Å²) in [5.41, 5.74) is 0. The third-order valence-corrected chi connectivity index (χ3v) is 4.56. The molecule has 0 spiro atoms. The molecule has 0 bridgehead atoms. The zero-order valence-corrected chi connectivity index (χ0v) is 11.9. The van der Waals surface area contributed by atoms with Crippen molar-refractivity contribution in [1.82, 2.24) is 14.1 Å². The molecule has 0 aliphatic carbocycles. The van der Waals surface area contributed by atoms with Gasteiger partial charge in [0.25, 0.3) is 0 Å². The van der Waals surface area contributed by atoms with Gasteiger partial charge in [-0.05, 0) is 6.42 Å². The Kier molecular flexibility index (Phi) is 4.76. The zero-order valence-electron chi connectivity index (χ0n) is 11.0. The van der Waals surface area contributed by atoms with Crippen LogP contribution in [-0.4, -0.2) is 82.1 Å². The van der Waals surface area contributed by atoms with Gasteiger partial charge in [-0.15, -0.1) is 0 Å². The van der Waals surface area contributed by atoms with E-state index in [1.165, 1.54) is 4.31 Å². The van der Waals surface area contributed by atoms with E-state index in [-0.39, 0.29) is 5.75 Å². The molecular weight excluding hydrogens is 240 g/mol. The Balaban J connectivity index is 2.54. The molecule has 100 valence electrons. The fourth-order valence-electron chi connectivity index (χ4n) is 1.89. The summed E-state index contributed by atoms with van der Waals surface area (Å²) in [6, 6.07) is 0. The van der Waals surface area contributed by atoms with Gasteiger partial charge in [-0.3, -0.25) is 4.99 Å². The Bertz CT molecular complexity index is 366. The molecule has 0 saturated carbocycles. The molecule has 0 aromatic heterocycles. The minimum atomic E-state index is -2.99. The smallest absolute Gasteiger partial charge is 0.214 e. The van der Waals surface area contributed by atoms with E-state index in [1.807, 2.05) is 38.0 Å². The number of aliphatic imine (C=N–C) groups is 1. The molecule has 1 rings (SSSR count). The SMILES string of the molecule is CN(C)C(=NCCN1CCCS1(=O)=O)N(C)C. The van der Waals surface area contributed by atoms with Gasteiger partial charge in [0.2, 0.25) is 10.0 Å². The molecule has 0 N–H and O–H groups in total. The summed E-state index contributed by atoms with van der Waals surface area (Å²) in [5.74, 6) is 1.13. The Labute approximate surface area is 104 Å². The van der Waals surface area contributed by atoms with Crippen molar-refractivity contribution in [3.63, 3.8) is 0 Å². The molecular formula is C10H22N4O2S. The Morgan fingerprint density at radius 2 is 1.82 bits per heavy atom. The fourth-order valence-corrected chi connectivity index (χ4v) is 3.41. The molecule has 7 heteroatoms. The van der Waals surface area contributed by atoms with Crippen molar-refractivity contribution < 1.29 is 8.42 Å². The molecule has 0 aromatic carbocycles. The van der Waals surface area contributed by atoms with Crippen LogP contribution < -0.4 is 0 Å². The molecule has 1 heterocycles. The van der Waals surface area contributed by atoms with Crippen LogP contribution in [0, 0.1) is 0 Å². The number of hydrogen-bond donors (Lipinski definition) is 0. The summed E-state index contributed by atoms with van der Waals surface area (Å²) in [4.78, 5) is 8.24. The first-order chi connectivity index (χ1) is 7.84. The number of guanidine groups is 1. The lowest BCUT2D eigenvalue weighted by atomic mass is 10.5. The summed E-state index contributed by atoms with van der Waals surface area (Å²) >= 11 is 0. The molecule has 1 saturated heterocycles. The van der Waals surface area contributed by atoms with Gasteiger partial charge in [0.05, 0.1) is 12.3 Å². The molecule has 1 aliphatic heterocycles. The van der Waals surface area contributed by atoms with E-state index in [0.29, 0.717) is 19.6 Å². The lowest BCUT2D eigenvalue weighted by Crippen LogP contribution is -2.36. The molecule has 1 aliphatic rings. The van der Waals surface area contributed by atoms with Crippen LogP contribution in [0.2, 0.25) is 0 Å². The van der Waals surface area contributed by atoms with Crippen molar-refractivity contribution in [2.45, 2.75) is 6.42 Å². The minimum Gasteiger partial charge on any atom is -0.349 e. The molecule has 17 heavy (non-hydrogen) atoms. The van der Waals surface area contributed by atoms with Crippen molar-refractivity contribution >= 4 is 16.0 Å². The second-order valence-corrected chi connectivity index (χ2v) is 6.63. The summed E-state index contributed by atoms with van der Waals surface area (Å²) in [7, 11) is 4.70. The lowest BCUT2D eigenvalue weighted by molar-refractivity contribution is 0.443. The fraction of sp³-hybridized carbons (Fsp3) is 0.900. The Morgan fingerprint density at radius 3 is 2.24 bits per heavy atom. The van der Waals surface area contributed by atoms with Gasteiger partial charge >= 0.3 is 0 Å². The standard InChI is InChI=1S/C10H22N4O2S/c1-12(2)10(13(3)4)11-6-8-14-7-5-9-17(14,15)16/h5-9H2,1-4H3. The van der Waals surface area contributed by atoms with Crippen molar-refractivity contribution in [3.05, 3.63) is 0 Å². The first-order valence-electron chi connectivity index (χ1n) is 5.71. The lowest BCUT2D eigenvalue weighted by Gasteiger charge is -2.23. The van der Waals surface area contributed by atoms with Crippen LogP contribution in [0.5, 0.6) is 0 Å². The first kappa shape index (κ1) is 14.2. The quantitative estimate of drug-likeness (QED) is 0.508. The van der Waals surface area contributed by atoms with Gasteiger partial charge in [0.1, 0.15) is 0 Å². The maximum atomic E-state index is 11.6. The highest BCUT2D eigenvalue weighted by Gasteiger charge is 2.27. The summed E-state index contributed by atoms with van der Waals surface area (Å²) in [6.07, 6.45) is 0.736. The second-order valence-electron chi connectivity index (χ2n) is 4.54. The van der Waals surface area contributed by atoms with E-state index in [1.54, 1.807) is 0 Å². The third-order valence-electron chi connectivity index (χ3n) is 2.61. The van der Waals surface area contributed by atoms with Crippen LogP contribution >= 0.6 is 0 Å². The summed E-state index contributed by atoms with van der Waals surface area (Å²) in [5, 5.41) is 0.